The second-order valence-corrected chi connectivity index (χ2v) is 5.65. The molecule has 23 heavy (non-hydrogen) atoms. The first-order valence-corrected chi connectivity index (χ1v) is 7.64. The van der Waals surface area contributed by atoms with E-state index >= 15 is 0 Å². The Kier molecular flexibility index (Phi) is 4.33. The van der Waals surface area contributed by atoms with Crippen LogP contribution in [-0.4, -0.2) is 16.7 Å². The zero-order valence-electron chi connectivity index (χ0n) is 13.4. The van der Waals surface area contributed by atoms with Crippen molar-refractivity contribution in [2.24, 2.45) is 7.05 Å². The standard InChI is InChI=1S/C19H21N3O/c1-22-13-18(21-19(22)20)17(12-14-6-4-3-5-7-14)15-8-10-16(23-2)11-9-15/h3-11,13,17H,12H2,1-2H3,(H2,20,21). The van der Waals surface area contributed by atoms with Gasteiger partial charge in [-0.05, 0) is 29.7 Å². The molecule has 2 aromatic carbocycles. The number of aromatic nitrogens is 2. The van der Waals surface area contributed by atoms with Crippen molar-refractivity contribution >= 4 is 5.95 Å². The van der Waals surface area contributed by atoms with Gasteiger partial charge >= 0.3 is 0 Å². The molecule has 1 heterocycles. The van der Waals surface area contributed by atoms with Crippen LogP contribution in [0, 0.1) is 0 Å². The molecule has 3 rings (SSSR count). The van der Waals surface area contributed by atoms with Crippen LogP contribution < -0.4 is 10.5 Å². The SMILES string of the molecule is COc1ccc(C(Cc2ccccc2)c2cn(C)c(N)n2)cc1. The van der Waals surface area contributed by atoms with Crippen molar-refractivity contribution in [1.82, 2.24) is 9.55 Å². The molecule has 0 saturated carbocycles. The lowest BCUT2D eigenvalue weighted by Gasteiger charge is -2.16. The van der Waals surface area contributed by atoms with Crippen LogP contribution in [0.15, 0.2) is 60.8 Å². The largest absolute Gasteiger partial charge is 0.497 e. The molecule has 0 spiro atoms. The van der Waals surface area contributed by atoms with Gasteiger partial charge < -0.3 is 15.0 Å². The molecule has 0 saturated heterocycles. The van der Waals surface area contributed by atoms with Crippen molar-refractivity contribution < 1.29 is 4.74 Å². The van der Waals surface area contributed by atoms with Gasteiger partial charge in [0.15, 0.2) is 5.95 Å². The Balaban J connectivity index is 1.98. The van der Waals surface area contributed by atoms with Crippen LogP contribution in [0.2, 0.25) is 0 Å². The number of imidazole rings is 1. The number of aryl methyl sites for hydroxylation is 1. The molecule has 0 aliphatic heterocycles. The molecule has 2 N–H and O–H groups in total. The summed E-state index contributed by atoms with van der Waals surface area (Å²) in [5.74, 6) is 1.55. The summed E-state index contributed by atoms with van der Waals surface area (Å²) in [5, 5.41) is 0. The van der Waals surface area contributed by atoms with Gasteiger partial charge in [-0.3, -0.25) is 0 Å². The molecule has 0 fully saturated rings. The first-order valence-electron chi connectivity index (χ1n) is 7.64. The first-order chi connectivity index (χ1) is 11.2. The lowest BCUT2D eigenvalue weighted by molar-refractivity contribution is 0.414. The minimum absolute atomic E-state index is 0.159. The molecule has 0 amide bonds. The summed E-state index contributed by atoms with van der Waals surface area (Å²) in [7, 11) is 3.59. The molecule has 4 heteroatoms. The topological polar surface area (TPSA) is 53.1 Å². The minimum Gasteiger partial charge on any atom is -0.497 e. The number of benzene rings is 2. The zero-order chi connectivity index (χ0) is 16.2. The summed E-state index contributed by atoms with van der Waals surface area (Å²) >= 11 is 0. The molecular weight excluding hydrogens is 286 g/mol. The molecule has 1 unspecified atom stereocenters. The van der Waals surface area contributed by atoms with E-state index in [1.165, 1.54) is 11.1 Å². The van der Waals surface area contributed by atoms with E-state index in [0.29, 0.717) is 5.95 Å². The predicted octanol–water partition coefficient (Wildman–Crippen LogP) is 3.39. The summed E-state index contributed by atoms with van der Waals surface area (Å²) in [5.41, 5.74) is 9.39. The maximum absolute atomic E-state index is 5.93. The Hall–Kier alpha value is -2.75. The van der Waals surface area contributed by atoms with Crippen molar-refractivity contribution in [2.45, 2.75) is 12.3 Å². The highest BCUT2D eigenvalue weighted by molar-refractivity contribution is 5.37. The van der Waals surface area contributed by atoms with Crippen molar-refractivity contribution in [1.29, 1.82) is 0 Å². The third-order valence-electron chi connectivity index (χ3n) is 4.09. The molecule has 1 aromatic heterocycles. The maximum atomic E-state index is 5.93. The first kappa shape index (κ1) is 15.2. The zero-order valence-corrected chi connectivity index (χ0v) is 13.4. The molecule has 1 atom stereocenters. The summed E-state index contributed by atoms with van der Waals surface area (Å²) < 4.78 is 7.11. The number of nitrogen functional groups attached to an aromatic ring is 1. The van der Waals surface area contributed by atoms with Crippen LogP contribution in [0.1, 0.15) is 22.7 Å². The number of rotatable bonds is 5. The van der Waals surface area contributed by atoms with Crippen LogP contribution >= 0.6 is 0 Å². The maximum Gasteiger partial charge on any atom is 0.200 e. The average Bonchev–Trinajstić information content (AvgIpc) is 2.92. The van der Waals surface area contributed by atoms with Gasteiger partial charge in [-0.1, -0.05) is 42.5 Å². The van der Waals surface area contributed by atoms with Crippen LogP contribution in [0.3, 0.4) is 0 Å². The molecular formula is C19H21N3O. The van der Waals surface area contributed by atoms with E-state index in [4.69, 9.17) is 10.5 Å². The second kappa shape index (κ2) is 6.57. The fraction of sp³-hybridized carbons (Fsp3) is 0.211. The van der Waals surface area contributed by atoms with Gasteiger partial charge in [0, 0.05) is 19.2 Å². The number of nitrogens with zero attached hydrogens (tertiary/aromatic N) is 2. The Morgan fingerprint density at radius 3 is 2.35 bits per heavy atom. The highest BCUT2D eigenvalue weighted by Crippen LogP contribution is 2.29. The summed E-state index contributed by atoms with van der Waals surface area (Å²) in [6, 6.07) is 18.6. The van der Waals surface area contributed by atoms with Gasteiger partial charge in [0.05, 0.1) is 12.8 Å². The van der Waals surface area contributed by atoms with Gasteiger partial charge in [0.2, 0.25) is 0 Å². The molecule has 0 radical (unpaired) electrons. The molecule has 0 bridgehead atoms. The lowest BCUT2D eigenvalue weighted by Crippen LogP contribution is -2.06. The molecule has 0 aliphatic rings. The third-order valence-corrected chi connectivity index (χ3v) is 4.09. The van der Waals surface area contributed by atoms with E-state index in [1.54, 1.807) is 7.11 Å². The van der Waals surface area contributed by atoms with E-state index in [-0.39, 0.29) is 5.92 Å². The van der Waals surface area contributed by atoms with Gasteiger partial charge in [-0.15, -0.1) is 0 Å². The monoisotopic (exact) mass is 307 g/mol. The summed E-state index contributed by atoms with van der Waals surface area (Å²) in [6.07, 6.45) is 2.89. The number of methoxy groups -OCH3 is 1. The lowest BCUT2D eigenvalue weighted by atomic mass is 9.89. The Labute approximate surface area is 136 Å². The van der Waals surface area contributed by atoms with Gasteiger partial charge in [-0.25, -0.2) is 4.98 Å². The normalized spacial score (nSPS) is 12.1. The third kappa shape index (κ3) is 3.37. The van der Waals surface area contributed by atoms with E-state index < -0.39 is 0 Å². The molecule has 4 nitrogen and oxygen atoms in total. The quantitative estimate of drug-likeness (QED) is 0.786. The Morgan fingerprint density at radius 2 is 1.78 bits per heavy atom. The number of nitrogens with two attached hydrogens (primary N) is 1. The van der Waals surface area contributed by atoms with Crippen LogP contribution in [0.5, 0.6) is 5.75 Å². The number of ether oxygens (including phenoxy) is 1. The van der Waals surface area contributed by atoms with Crippen molar-refractivity contribution in [3.05, 3.63) is 77.6 Å². The van der Waals surface area contributed by atoms with Crippen LogP contribution in [-0.2, 0) is 13.5 Å². The number of anilines is 1. The number of hydrogen-bond acceptors (Lipinski definition) is 3. The fourth-order valence-corrected chi connectivity index (χ4v) is 2.75. The van der Waals surface area contributed by atoms with Crippen molar-refractivity contribution in [3.63, 3.8) is 0 Å². The number of hydrogen-bond donors (Lipinski definition) is 1. The smallest absolute Gasteiger partial charge is 0.200 e. The second-order valence-electron chi connectivity index (χ2n) is 5.65. The summed E-state index contributed by atoms with van der Waals surface area (Å²) in [6.45, 7) is 0. The van der Waals surface area contributed by atoms with E-state index in [2.05, 4.69) is 41.4 Å². The van der Waals surface area contributed by atoms with E-state index in [1.807, 2.05) is 36.0 Å². The van der Waals surface area contributed by atoms with Crippen LogP contribution in [0.25, 0.3) is 0 Å². The van der Waals surface area contributed by atoms with E-state index in [0.717, 1.165) is 17.9 Å². The molecule has 3 aromatic rings. The average molecular weight is 307 g/mol. The highest BCUT2D eigenvalue weighted by atomic mass is 16.5. The highest BCUT2D eigenvalue weighted by Gasteiger charge is 2.19. The van der Waals surface area contributed by atoms with Crippen LogP contribution in [0.4, 0.5) is 5.95 Å². The molecule has 0 aliphatic carbocycles. The summed E-state index contributed by atoms with van der Waals surface area (Å²) in [4.78, 5) is 4.54. The van der Waals surface area contributed by atoms with Crippen molar-refractivity contribution in [2.75, 3.05) is 12.8 Å². The predicted molar refractivity (Wildman–Crippen MR) is 92.6 cm³/mol. The minimum atomic E-state index is 0.159. The van der Waals surface area contributed by atoms with Gasteiger partial charge in [0.25, 0.3) is 0 Å². The van der Waals surface area contributed by atoms with Crippen molar-refractivity contribution in [3.8, 4) is 5.75 Å². The fourth-order valence-electron chi connectivity index (χ4n) is 2.75. The van der Waals surface area contributed by atoms with Gasteiger partial charge in [0.1, 0.15) is 5.75 Å². The Bertz CT molecular complexity index is 744. The molecule has 118 valence electrons. The Morgan fingerprint density at radius 1 is 1.09 bits per heavy atom. The van der Waals surface area contributed by atoms with Gasteiger partial charge in [-0.2, -0.15) is 0 Å². The van der Waals surface area contributed by atoms with E-state index in [9.17, 15) is 0 Å².